The first-order valence-electron chi connectivity index (χ1n) is 10.0. The number of esters is 1. The van der Waals surface area contributed by atoms with Crippen molar-refractivity contribution in [2.24, 2.45) is 0 Å². The number of hydrogen-bond acceptors (Lipinski definition) is 8. The summed E-state index contributed by atoms with van der Waals surface area (Å²) in [7, 11) is 5.96. The molecule has 0 spiro atoms. The fourth-order valence-corrected chi connectivity index (χ4v) is 4.30. The molecule has 1 heterocycles. The van der Waals surface area contributed by atoms with E-state index in [1.54, 1.807) is 36.0 Å². The summed E-state index contributed by atoms with van der Waals surface area (Å²) in [5.41, 5.74) is 3.37. The Morgan fingerprint density at radius 2 is 1.61 bits per heavy atom. The summed E-state index contributed by atoms with van der Waals surface area (Å²) in [6.07, 6.45) is 3.07. The number of hydrogen-bond donors (Lipinski definition) is 2. The highest BCUT2D eigenvalue weighted by atomic mass is 32.2. The van der Waals surface area contributed by atoms with Crippen LogP contribution in [0.15, 0.2) is 53.7 Å². The molecule has 33 heavy (non-hydrogen) atoms. The van der Waals surface area contributed by atoms with Gasteiger partial charge in [0.25, 0.3) is 0 Å². The average molecular weight is 471 g/mol. The van der Waals surface area contributed by atoms with Crippen molar-refractivity contribution in [2.45, 2.75) is 0 Å². The van der Waals surface area contributed by atoms with E-state index < -0.39 is 0 Å². The van der Waals surface area contributed by atoms with Crippen molar-refractivity contribution < 1.29 is 28.5 Å². The van der Waals surface area contributed by atoms with Crippen LogP contribution in [0.3, 0.4) is 0 Å². The summed E-state index contributed by atoms with van der Waals surface area (Å²) in [6, 6.07) is 10.8. The predicted molar refractivity (Wildman–Crippen MR) is 130 cm³/mol. The van der Waals surface area contributed by atoms with E-state index in [1.807, 2.05) is 18.2 Å². The molecule has 2 N–H and O–H groups in total. The van der Waals surface area contributed by atoms with Crippen LogP contribution in [0.4, 0.5) is 11.4 Å². The molecule has 0 bridgehead atoms. The fraction of sp³-hybridized carbons (Fsp3) is 0.250. The van der Waals surface area contributed by atoms with Gasteiger partial charge in [0.05, 0.1) is 45.4 Å². The lowest BCUT2D eigenvalue weighted by atomic mass is 10.1. The van der Waals surface area contributed by atoms with Gasteiger partial charge in [-0.2, -0.15) is 11.8 Å². The Morgan fingerprint density at radius 1 is 0.939 bits per heavy atom. The molecule has 0 saturated heterocycles. The van der Waals surface area contributed by atoms with Gasteiger partial charge >= 0.3 is 5.97 Å². The molecule has 2 aromatic carbocycles. The minimum absolute atomic E-state index is 0.319. The van der Waals surface area contributed by atoms with E-state index >= 15 is 0 Å². The first-order valence-corrected chi connectivity index (χ1v) is 11.2. The first-order chi connectivity index (χ1) is 16.0. The van der Waals surface area contributed by atoms with Crippen molar-refractivity contribution >= 4 is 41.1 Å². The van der Waals surface area contributed by atoms with Crippen molar-refractivity contribution in [3.05, 3.63) is 59.3 Å². The number of carbonyl (C=O) groups is 2. The van der Waals surface area contributed by atoms with Gasteiger partial charge in [-0.3, -0.25) is 4.79 Å². The largest absolute Gasteiger partial charge is 0.493 e. The molecule has 0 aromatic heterocycles. The number of benzene rings is 2. The summed E-state index contributed by atoms with van der Waals surface area (Å²) in [5.74, 6) is 2.05. The highest BCUT2D eigenvalue weighted by Gasteiger charge is 2.22. The van der Waals surface area contributed by atoms with Crippen LogP contribution >= 0.6 is 11.8 Å². The van der Waals surface area contributed by atoms with Crippen molar-refractivity contribution in [1.82, 2.24) is 0 Å². The molecule has 1 aliphatic heterocycles. The lowest BCUT2D eigenvalue weighted by molar-refractivity contribution is -0.136. The maximum Gasteiger partial charge on any atom is 0.336 e. The van der Waals surface area contributed by atoms with Crippen molar-refractivity contribution in [3.63, 3.8) is 0 Å². The van der Waals surface area contributed by atoms with Crippen molar-refractivity contribution in [3.8, 4) is 17.2 Å². The van der Waals surface area contributed by atoms with Crippen LogP contribution in [0, 0.1) is 0 Å². The van der Waals surface area contributed by atoms with E-state index in [4.69, 9.17) is 18.9 Å². The van der Waals surface area contributed by atoms with Gasteiger partial charge in [0.2, 0.25) is 11.7 Å². The van der Waals surface area contributed by atoms with Crippen LogP contribution in [0.2, 0.25) is 0 Å². The third-order valence-corrected chi connectivity index (χ3v) is 5.86. The van der Waals surface area contributed by atoms with Crippen LogP contribution in [-0.4, -0.2) is 51.8 Å². The lowest BCUT2D eigenvalue weighted by Crippen LogP contribution is -2.13. The Hall–Kier alpha value is -3.59. The van der Waals surface area contributed by atoms with Gasteiger partial charge in [0.15, 0.2) is 11.5 Å². The molecule has 0 aliphatic carbocycles. The highest BCUT2D eigenvalue weighted by molar-refractivity contribution is 8.00. The van der Waals surface area contributed by atoms with Gasteiger partial charge in [-0.25, -0.2) is 4.79 Å². The molecule has 2 aromatic rings. The Balaban J connectivity index is 1.77. The van der Waals surface area contributed by atoms with E-state index in [0.717, 1.165) is 5.70 Å². The SMILES string of the molecule is COC(=O)C1=C(Nc2ccccc2NC(=O)/C=C/c2cc(OC)c(OC)c(OC)c2)CSC1. The number of rotatable bonds is 9. The Morgan fingerprint density at radius 3 is 2.21 bits per heavy atom. The average Bonchev–Trinajstić information content (AvgIpc) is 3.30. The van der Waals surface area contributed by atoms with Gasteiger partial charge in [-0.05, 0) is 35.9 Å². The second kappa shape index (κ2) is 11.3. The normalized spacial score (nSPS) is 13.1. The molecular weight excluding hydrogens is 444 g/mol. The summed E-state index contributed by atoms with van der Waals surface area (Å²) >= 11 is 1.62. The molecule has 0 atom stereocenters. The number of para-hydroxylation sites is 2. The molecule has 0 saturated carbocycles. The third-order valence-electron chi connectivity index (χ3n) is 4.87. The number of anilines is 2. The smallest absolute Gasteiger partial charge is 0.336 e. The summed E-state index contributed by atoms with van der Waals surface area (Å²) in [5, 5.41) is 6.14. The first kappa shape index (κ1) is 24.1. The Labute approximate surface area is 196 Å². The van der Waals surface area contributed by atoms with Gasteiger partial charge in [0, 0.05) is 23.3 Å². The number of thioether (sulfide) groups is 1. The molecule has 1 amide bonds. The predicted octanol–water partition coefficient (Wildman–Crippen LogP) is 3.95. The van der Waals surface area contributed by atoms with Gasteiger partial charge in [0.1, 0.15) is 0 Å². The molecule has 0 unspecified atom stereocenters. The Kier molecular flexibility index (Phi) is 8.26. The number of methoxy groups -OCH3 is 4. The molecule has 1 aliphatic rings. The molecule has 174 valence electrons. The molecule has 3 rings (SSSR count). The fourth-order valence-electron chi connectivity index (χ4n) is 3.25. The highest BCUT2D eigenvalue weighted by Crippen LogP contribution is 2.38. The van der Waals surface area contributed by atoms with E-state index in [1.165, 1.54) is 34.5 Å². The van der Waals surface area contributed by atoms with Crippen LogP contribution in [-0.2, 0) is 14.3 Å². The van der Waals surface area contributed by atoms with E-state index in [-0.39, 0.29) is 11.9 Å². The zero-order valence-corrected chi connectivity index (χ0v) is 19.7. The number of nitrogens with one attached hydrogen (secondary N) is 2. The maximum atomic E-state index is 12.6. The Bertz CT molecular complexity index is 1070. The standard InChI is InChI=1S/C24H26N2O6S/c1-29-20-11-15(12-21(30-2)23(20)31-3)9-10-22(27)26-18-8-6-5-7-17(18)25-19-14-33-13-16(19)24(28)32-4/h5-12,25H,13-14H2,1-4H3,(H,26,27)/b10-9+. The quantitative estimate of drug-likeness (QED) is 0.420. The molecule has 8 nitrogen and oxygen atoms in total. The van der Waals surface area contributed by atoms with Crippen LogP contribution in [0.1, 0.15) is 5.56 Å². The van der Waals surface area contributed by atoms with Crippen molar-refractivity contribution in [2.75, 3.05) is 50.6 Å². The topological polar surface area (TPSA) is 95.1 Å². The van der Waals surface area contributed by atoms with Crippen LogP contribution in [0.5, 0.6) is 17.2 Å². The second-order valence-electron chi connectivity index (χ2n) is 6.89. The van der Waals surface area contributed by atoms with E-state index in [0.29, 0.717) is 51.3 Å². The molecule has 9 heteroatoms. The zero-order chi connectivity index (χ0) is 23.8. The maximum absolute atomic E-state index is 12.6. The van der Waals surface area contributed by atoms with E-state index in [9.17, 15) is 9.59 Å². The lowest BCUT2D eigenvalue weighted by Gasteiger charge is -2.14. The number of ether oxygens (including phenoxy) is 4. The number of amides is 1. The second-order valence-corrected chi connectivity index (χ2v) is 7.88. The monoisotopic (exact) mass is 470 g/mol. The van der Waals surface area contributed by atoms with Gasteiger partial charge in [-0.15, -0.1) is 0 Å². The minimum Gasteiger partial charge on any atom is -0.493 e. The zero-order valence-electron chi connectivity index (χ0n) is 18.9. The number of carbonyl (C=O) groups excluding carboxylic acids is 2. The van der Waals surface area contributed by atoms with Gasteiger partial charge < -0.3 is 29.6 Å². The third kappa shape index (κ3) is 5.81. The van der Waals surface area contributed by atoms with Crippen LogP contribution < -0.4 is 24.8 Å². The van der Waals surface area contributed by atoms with E-state index in [2.05, 4.69) is 10.6 Å². The molecule has 0 radical (unpaired) electrons. The molecule has 0 fully saturated rings. The molecular formula is C24H26N2O6S. The summed E-state index contributed by atoms with van der Waals surface area (Å²) < 4.78 is 20.9. The van der Waals surface area contributed by atoms with Crippen molar-refractivity contribution in [1.29, 1.82) is 0 Å². The summed E-state index contributed by atoms with van der Waals surface area (Å²) in [6.45, 7) is 0. The van der Waals surface area contributed by atoms with Crippen LogP contribution in [0.25, 0.3) is 6.08 Å². The minimum atomic E-state index is -0.350. The van der Waals surface area contributed by atoms with Gasteiger partial charge in [-0.1, -0.05) is 12.1 Å². The summed E-state index contributed by atoms with van der Waals surface area (Å²) in [4.78, 5) is 24.6.